The van der Waals surface area contributed by atoms with E-state index < -0.39 is 24.2 Å². The second-order valence-electron chi connectivity index (χ2n) is 2.82. The number of hydrogen-bond acceptors (Lipinski definition) is 7. The fraction of sp³-hybridized carbons (Fsp3) is 0.700. The molecule has 0 spiro atoms. The molecule has 0 aromatic heterocycles. The van der Waals surface area contributed by atoms with E-state index in [1.807, 2.05) is 0 Å². The molecule has 7 N–H and O–H groups in total. The van der Waals surface area contributed by atoms with Crippen LogP contribution in [0.1, 0.15) is 27.7 Å². The molecular formula is C10H27N2Na3O7. The second-order valence-corrected chi connectivity index (χ2v) is 2.82. The zero-order valence-corrected chi connectivity index (χ0v) is 11.6. The summed E-state index contributed by atoms with van der Waals surface area (Å²) < 4.78 is 4.17. The first-order valence-corrected chi connectivity index (χ1v) is 5.15. The van der Waals surface area contributed by atoms with Crippen molar-refractivity contribution >= 4 is 107 Å². The van der Waals surface area contributed by atoms with Gasteiger partial charge in [0.05, 0.1) is 0 Å². The van der Waals surface area contributed by atoms with Crippen LogP contribution >= 0.6 is 0 Å². The molecule has 1 atom stereocenters. The van der Waals surface area contributed by atoms with Crippen LogP contribution in [-0.2, 0) is 19.1 Å². The Kier molecular flexibility index (Phi) is 75.5. The number of aliphatic carboxylic acids is 2. The van der Waals surface area contributed by atoms with Gasteiger partial charge in [0.25, 0.3) is 11.9 Å². The Labute approximate surface area is 197 Å². The fourth-order valence-corrected chi connectivity index (χ4v) is 0.240. The van der Waals surface area contributed by atoms with Crippen molar-refractivity contribution in [3.63, 3.8) is 0 Å². The minimum absolute atomic E-state index is 0. The Balaban J connectivity index is -0.0000000270. The first-order valence-electron chi connectivity index (χ1n) is 5.15. The van der Waals surface area contributed by atoms with E-state index in [-0.39, 0.29) is 88.7 Å². The molecule has 0 aliphatic rings. The molecule has 0 fully saturated rings. The van der Waals surface area contributed by atoms with Crippen molar-refractivity contribution in [1.29, 1.82) is 0 Å². The van der Waals surface area contributed by atoms with E-state index in [0.29, 0.717) is 13.1 Å². The van der Waals surface area contributed by atoms with Crippen molar-refractivity contribution in [3.8, 4) is 0 Å². The number of aliphatic hydroxyl groups is 1. The van der Waals surface area contributed by atoms with Gasteiger partial charge >= 0.3 is 94.6 Å². The SMILES string of the molecule is CC(=O)O.CC(=O)O.CC(=O)OC(C)O.NCCN.[NaH].[NaH].[NaH]. The van der Waals surface area contributed by atoms with Crippen molar-refractivity contribution in [1.82, 2.24) is 0 Å². The van der Waals surface area contributed by atoms with Gasteiger partial charge in [-0.1, -0.05) is 0 Å². The molecule has 0 radical (unpaired) electrons. The third kappa shape index (κ3) is 222. The van der Waals surface area contributed by atoms with Crippen molar-refractivity contribution in [3.05, 3.63) is 0 Å². The fourth-order valence-electron chi connectivity index (χ4n) is 0.240. The van der Waals surface area contributed by atoms with Crippen LogP contribution < -0.4 is 11.5 Å². The van der Waals surface area contributed by atoms with Crippen LogP contribution in [0.15, 0.2) is 0 Å². The molecule has 12 heteroatoms. The van der Waals surface area contributed by atoms with Crippen molar-refractivity contribution < 1.29 is 34.4 Å². The number of carbonyl (C=O) groups is 3. The summed E-state index contributed by atoms with van der Waals surface area (Å²) >= 11 is 0. The number of carbonyl (C=O) groups excluding carboxylic acids is 1. The third-order valence-electron chi connectivity index (χ3n) is 0.503. The van der Waals surface area contributed by atoms with Crippen LogP contribution in [0.3, 0.4) is 0 Å². The maximum absolute atomic E-state index is 9.87. The quantitative estimate of drug-likeness (QED) is 0.197. The van der Waals surface area contributed by atoms with Crippen molar-refractivity contribution in [2.24, 2.45) is 11.5 Å². The van der Waals surface area contributed by atoms with Crippen LogP contribution in [0, 0.1) is 0 Å². The topological polar surface area (TPSA) is 173 Å². The van der Waals surface area contributed by atoms with Gasteiger partial charge in [-0.2, -0.15) is 0 Å². The number of carboxylic acids is 2. The number of nitrogens with two attached hydrogens (primary N) is 2. The monoisotopic (exact) mass is 356 g/mol. The summed E-state index contributed by atoms with van der Waals surface area (Å²) in [7, 11) is 0. The molecule has 0 bridgehead atoms. The van der Waals surface area contributed by atoms with E-state index >= 15 is 0 Å². The predicted molar refractivity (Wildman–Crippen MR) is 89.6 cm³/mol. The summed E-state index contributed by atoms with van der Waals surface area (Å²) in [5.74, 6) is -2.13. The van der Waals surface area contributed by atoms with Crippen LogP contribution in [-0.4, -0.2) is 141 Å². The first-order chi connectivity index (χ1) is 8.50. The molecule has 22 heavy (non-hydrogen) atoms. The maximum atomic E-state index is 9.87. The normalized spacial score (nSPS) is 7.77. The number of rotatable bonds is 2. The van der Waals surface area contributed by atoms with E-state index in [0.717, 1.165) is 13.8 Å². The minimum atomic E-state index is -0.975. The summed E-state index contributed by atoms with van der Waals surface area (Å²) in [5, 5.41) is 23.1. The third-order valence-corrected chi connectivity index (χ3v) is 0.503. The van der Waals surface area contributed by atoms with E-state index in [4.69, 9.17) is 36.4 Å². The van der Waals surface area contributed by atoms with Gasteiger partial charge in [0.1, 0.15) is 0 Å². The summed E-state index contributed by atoms with van der Waals surface area (Å²) in [4.78, 5) is 27.9. The standard InChI is InChI=1S/C4H8O3.C2H8N2.2C2H4O2.3Na.3H/c1-3(5)7-4(2)6;3-1-2-4;2*1-2(3)4;;;;;;/h3,5H,1-2H3;1-4H2;2*1H3,(H,3,4);;;;;;. The Hall–Kier alpha value is 1.29. The number of esters is 1. The van der Waals surface area contributed by atoms with E-state index in [1.165, 1.54) is 13.8 Å². The van der Waals surface area contributed by atoms with Crippen LogP contribution in [0.25, 0.3) is 0 Å². The first kappa shape index (κ1) is 43.6. The van der Waals surface area contributed by atoms with Crippen LogP contribution in [0.4, 0.5) is 0 Å². The Morgan fingerprint density at radius 2 is 1.09 bits per heavy atom. The molecule has 0 aliphatic heterocycles. The van der Waals surface area contributed by atoms with Gasteiger partial charge in [-0.05, 0) is 6.92 Å². The van der Waals surface area contributed by atoms with Gasteiger partial charge in [0.2, 0.25) is 0 Å². The molecule has 1 unspecified atom stereocenters. The molecule has 0 aromatic carbocycles. The van der Waals surface area contributed by atoms with Gasteiger partial charge in [0.15, 0.2) is 6.29 Å². The molecule has 0 aliphatic carbocycles. The molecule has 0 rings (SSSR count). The van der Waals surface area contributed by atoms with Gasteiger partial charge in [0, 0.05) is 33.9 Å². The van der Waals surface area contributed by atoms with Crippen molar-refractivity contribution in [2.45, 2.75) is 34.0 Å². The average molecular weight is 356 g/mol. The number of ether oxygens (including phenoxy) is 1. The number of aliphatic hydroxyl groups excluding tert-OH is 1. The second kappa shape index (κ2) is 38.1. The summed E-state index contributed by atoms with van der Waals surface area (Å²) in [6.45, 7) is 5.98. The summed E-state index contributed by atoms with van der Waals surface area (Å²) in [6.07, 6.45) is -0.975. The van der Waals surface area contributed by atoms with Gasteiger partial charge in [-0.25, -0.2) is 0 Å². The average Bonchev–Trinajstić information content (AvgIpc) is 2.14. The number of hydrogen-bond donors (Lipinski definition) is 5. The molecule has 0 aromatic rings. The number of carboxylic acid groups (broad SMARTS) is 2. The predicted octanol–water partition coefficient (Wildman–Crippen LogP) is -2.97. The molecular weight excluding hydrogens is 329 g/mol. The van der Waals surface area contributed by atoms with E-state index in [9.17, 15) is 4.79 Å². The zero-order chi connectivity index (χ0) is 16.4. The summed E-state index contributed by atoms with van der Waals surface area (Å²) in [5.41, 5.74) is 9.81. The molecule has 0 amide bonds. The van der Waals surface area contributed by atoms with E-state index in [2.05, 4.69) is 4.74 Å². The molecule has 122 valence electrons. The van der Waals surface area contributed by atoms with Gasteiger partial charge < -0.3 is 31.5 Å². The van der Waals surface area contributed by atoms with Crippen LogP contribution in [0.2, 0.25) is 0 Å². The van der Waals surface area contributed by atoms with E-state index in [1.54, 1.807) is 0 Å². The van der Waals surface area contributed by atoms with Crippen LogP contribution in [0.5, 0.6) is 0 Å². The molecule has 0 saturated heterocycles. The Morgan fingerprint density at radius 3 is 1.09 bits per heavy atom. The molecule has 0 heterocycles. The Bertz CT molecular complexity index is 223. The molecule has 0 saturated carbocycles. The van der Waals surface area contributed by atoms with Gasteiger partial charge in [-0.15, -0.1) is 0 Å². The Morgan fingerprint density at radius 1 is 0.909 bits per heavy atom. The summed E-state index contributed by atoms with van der Waals surface area (Å²) in [6, 6.07) is 0. The van der Waals surface area contributed by atoms with Gasteiger partial charge in [-0.3, -0.25) is 14.4 Å². The molecule has 9 nitrogen and oxygen atoms in total. The zero-order valence-electron chi connectivity index (χ0n) is 11.6. The van der Waals surface area contributed by atoms with Crippen molar-refractivity contribution in [2.75, 3.05) is 13.1 Å².